The van der Waals surface area contributed by atoms with Crippen LogP contribution in [0.1, 0.15) is 30.3 Å². The van der Waals surface area contributed by atoms with Crippen molar-refractivity contribution in [3.8, 4) is 11.4 Å². The Bertz CT molecular complexity index is 990. The van der Waals surface area contributed by atoms with Crippen LogP contribution in [-0.2, 0) is 6.42 Å². The van der Waals surface area contributed by atoms with Crippen LogP contribution in [0.25, 0.3) is 17.0 Å². The zero-order chi connectivity index (χ0) is 18.3. The van der Waals surface area contributed by atoms with Gasteiger partial charge in [0.2, 0.25) is 11.7 Å². The second-order valence-electron chi connectivity index (χ2n) is 6.21. The van der Waals surface area contributed by atoms with Crippen molar-refractivity contribution in [3.63, 3.8) is 0 Å². The second-order valence-corrected chi connectivity index (χ2v) is 6.21. The summed E-state index contributed by atoms with van der Waals surface area (Å²) in [6, 6.07) is 1.51. The average molecular weight is 405 g/mol. The van der Waals surface area contributed by atoms with Crippen molar-refractivity contribution < 1.29 is 17.7 Å². The van der Waals surface area contributed by atoms with Gasteiger partial charge < -0.3 is 14.8 Å². The van der Waals surface area contributed by atoms with Crippen LogP contribution in [0.4, 0.5) is 13.2 Å². The van der Waals surface area contributed by atoms with Crippen LogP contribution < -0.4 is 10.9 Å². The van der Waals surface area contributed by atoms with Crippen molar-refractivity contribution in [1.29, 1.82) is 0 Å². The van der Waals surface area contributed by atoms with E-state index < -0.39 is 18.5 Å². The Morgan fingerprint density at radius 2 is 2.04 bits per heavy atom. The lowest BCUT2D eigenvalue weighted by Gasteiger charge is -2.23. The van der Waals surface area contributed by atoms with Crippen LogP contribution in [0.3, 0.4) is 0 Å². The number of piperidine rings is 1. The third-order valence-corrected chi connectivity index (χ3v) is 4.35. The Kier molecular flexibility index (Phi) is 5.24. The Morgan fingerprint density at radius 1 is 1.30 bits per heavy atom. The van der Waals surface area contributed by atoms with Crippen LogP contribution in [0, 0.1) is 0 Å². The summed E-state index contributed by atoms with van der Waals surface area (Å²) in [5, 5.41) is 11.1. The minimum absolute atomic E-state index is 0. The Balaban J connectivity index is 0.00000210. The molecule has 0 amide bonds. The molecule has 4 rings (SSSR count). The maximum Gasteiger partial charge on any atom is 0.397 e. The maximum atomic E-state index is 12.5. The topological polar surface area (TPSA) is 101 Å². The predicted molar refractivity (Wildman–Crippen MR) is 91.0 cm³/mol. The molecule has 0 atom stereocenters. The first kappa shape index (κ1) is 19.4. The van der Waals surface area contributed by atoms with Crippen LogP contribution in [0.5, 0.6) is 0 Å². The highest BCUT2D eigenvalue weighted by Crippen LogP contribution is 2.28. The van der Waals surface area contributed by atoms with E-state index in [0.717, 1.165) is 31.6 Å². The Hall–Kier alpha value is -2.40. The van der Waals surface area contributed by atoms with Crippen LogP contribution in [0.15, 0.2) is 21.6 Å². The summed E-state index contributed by atoms with van der Waals surface area (Å²) in [6.07, 6.45) is -2.60. The van der Waals surface area contributed by atoms with Gasteiger partial charge >= 0.3 is 6.18 Å². The van der Waals surface area contributed by atoms with Gasteiger partial charge in [-0.3, -0.25) is 4.79 Å². The first-order valence-electron chi connectivity index (χ1n) is 8.12. The summed E-state index contributed by atoms with van der Waals surface area (Å²) in [7, 11) is 0. The number of hydrogen-bond donors (Lipinski definition) is 2. The molecule has 146 valence electrons. The van der Waals surface area contributed by atoms with Gasteiger partial charge in [-0.2, -0.15) is 23.3 Å². The fraction of sp³-hybridized carbons (Fsp3) is 0.467. The number of aromatic amines is 1. The lowest BCUT2D eigenvalue weighted by molar-refractivity contribution is -0.131. The molecule has 0 unspecified atom stereocenters. The van der Waals surface area contributed by atoms with Gasteiger partial charge in [-0.15, -0.1) is 12.4 Å². The van der Waals surface area contributed by atoms with Gasteiger partial charge in [0.05, 0.1) is 17.5 Å². The van der Waals surface area contributed by atoms with E-state index in [-0.39, 0.29) is 29.7 Å². The van der Waals surface area contributed by atoms with Crippen molar-refractivity contribution in [3.05, 3.63) is 34.2 Å². The standard InChI is InChI=1S/C15H15F3N6O2.ClH/c16-15(17,18)6-12-22-13(23-26-12)9-7-20-24-10(5-11(25)21-14(9)24)8-1-3-19-4-2-8;/h5,7-8,19H,1-4,6H2,(H,21,25);1H. The molecule has 0 spiro atoms. The molecule has 0 bridgehead atoms. The number of nitrogens with zero attached hydrogens (tertiary/aromatic N) is 4. The van der Waals surface area contributed by atoms with Crippen molar-refractivity contribution in [1.82, 2.24) is 30.1 Å². The molecular formula is C15H16ClF3N6O2. The van der Waals surface area contributed by atoms with Gasteiger partial charge in [-0.05, 0) is 25.9 Å². The molecule has 0 saturated carbocycles. The smallest absolute Gasteiger partial charge is 0.339 e. The molecule has 2 N–H and O–H groups in total. The van der Waals surface area contributed by atoms with Crippen molar-refractivity contribution in [2.45, 2.75) is 31.4 Å². The number of rotatable bonds is 3. The van der Waals surface area contributed by atoms with Crippen LogP contribution in [-0.4, -0.2) is 44.0 Å². The van der Waals surface area contributed by atoms with E-state index in [9.17, 15) is 18.0 Å². The first-order chi connectivity index (χ1) is 12.4. The van der Waals surface area contributed by atoms with Gasteiger partial charge in [-0.1, -0.05) is 5.16 Å². The molecular weight excluding hydrogens is 389 g/mol. The molecule has 1 aliphatic heterocycles. The van der Waals surface area contributed by atoms with Gasteiger partial charge in [0, 0.05) is 12.0 Å². The lowest BCUT2D eigenvalue weighted by Crippen LogP contribution is -2.28. The first-order valence-corrected chi connectivity index (χ1v) is 8.12. The Morgan fingerprint density at radius 3 is 2.74 bits per heavy atom. The summed E-state index contributed by atoms with van der Waals surface area (Å²) in [4.78, 5) is 18.5. The third kappa shape index (κ3) is 3.98. The third-order valence-electron chi connectivity index (χ3n) is 4.35. The van der Waals surface area contributed by atoms with E-state index in [2.05, 4.69) is 30.1 Å². The van der Waals surface area contributed by atoms with Crippen LogP contribution >= 0.6 is 12.4 Å². The van der Waals surface area contributed by atoms with Crippen LogP contribution in [0.2, 0.25) is 0 Å². The van der Waals surface area contributed by atoms with Gasteiger partial charge in [0.1, 0.15) is 12.1 Å². The SMILES string of the molecule is Cl.O=c1cc(C2CCNCC2)n2ncc(-c3noc(CC(F)(F)F)n3)c2[nH]1. The van der Waals surface area contributed by atoms with Gasteiger partial charge in [-0.25, -0.2) is 4.52 Å². The van der Waals surface area contributed by atoms with Crippen molar-refractivity contribution in [2.75, 3.05) is 13.1 Å². The summed E-state index contributed by atoms with van der Waals surface area (Å²) in [5.41, 5.74) is 1.10. The predicted octanol–water partition coefficient (Wildman–Crippen LogP) is 2.07. The summed E-state index contributed by atoms with van der Waals surface area (Å²) in [6.45, 7) is 1.69. The molecule has 12 heteroatoms. The molecule has 4 heterocycles. The molecule has 1 fully saturated rings. The largest absolute Gasteiger partial charge is 0.397 e. The molecule has 3 aromatic rings. The van der Waals surface area contributed by atoms with Gasteiger partial charge in [0.15, 0.2) is 0 Å². The fourth-order valence-electron chi connectivity index (χ4n) is 3.19. The number of fused-ring (bicyclic) bond motifs is 1. The number of H-pyrrole nitrogens is 1. The lowest BCUT2D eigenvalue weighted by atomic mass is 9.94. The summed E-state index contributed by atoms with van der Waals surface area (Å²) >= 11 is 0. The van der Waals surface area contributed by atoms with E-state index in [0.29, 0.717) is 11.2 Å². The maximum absolute atomic E-state index is 12.5. The number of halogens is 4. The van der Waals surface area contributed by atoms with Gasteiger partial charge in [0.25, 0.3) is 5.56 Å². The van der Waals surface area contributed by atoms with E-state index in [1.54, 1.807) is 4.52 Å². The highest BCUT2D eigenvalue weighted by molar-refractivity contribution is 5.85. The molecule has 0 aliphatic carbocycles. The molecule has 0 radical (unpaired) electrons. The highest BCUT2D eigenvalue weighted by Gasteiger charge is 2.31. The van der Waals surface area contributed by atoms with E-state index >= 15 is 0 Å². The molecule has 27 heavy (non-hydrogen) atoms. The van der Waals surface area contributed by atoms with E-state index in [1.165, 1.54) is 12.3 Å². The molecule has 8 nitrogen and oxygen atoms in total. The number of alkyl halides is 3. The zero-order valence-corrected chi connectivity index (χ0v) is 14.7. The monoisotopic (exact) mass is 404 g/mol. The van der Waals surface area contributed by atoms with Crippen molar-refractivity contribution >= 4 is 18.1 Å². The molecule has 3 aromatic heterocycles. The summed E-state index contributed by atoms with van der Waals surface area (Å²) < 4.78 is 43.6. The minimum Gasteiger partial charge on any atom is -0.339 e. The highest BCUT2D eigenvalue weighted by atomic mass is 35.5. The Labute approximate surface area is 156 Å². The van der Waals surface area contributed by atoms with Crippen molar-refractivity contribution in [2.24, 2.45) is 0 Å². The number of aromatic nitrogens is 5. The fourth-order valence-corrected chi connectivity index (χ4v) is 3.19. The minimum atomic E-state index is -4.44. The normalized spacial score (nSPS) is 15.8. The zero-order valence-electron chi connectivity index (χ0n) is 13.9. The molecule has 1 saturated heterocycles. The quantitative estimate of drug-likeness (QED) is 0.693. The van der Waals surface area contributed by atoms with E-state index in [1.807, 2.05) is 0 Å². The number of nitrogens with one attached hydrogen (secondary N) is 2. The second kappa shape index (κ2) is 7.31. The molecule has 1 aliphatic rings. The van der Waals surface area contributed by atoms with E-state index in [4.69, 9.17) is 0 Å². The number of hydrogen-bond acceptors (Lipinski definition) is 6. The summed E-state index contributed by atoms with van der Waals surface area (Å²) in [5.74, 6) is -0.416. The molecule has 0 aromatic carbocycles. The average Bonchev–Trinajstić information content (AvgIpc) is 3.20.